The predicted octanol–water partition coefficient (Wildman–Crippen LogP) is 3.60. The highest BCUT2D eigenvalue weighted by atomic mass is 35.5. The third kappa shape index (κ3) is 5.88. The molecule has 0 aliphatic carbocycles. The molecule has 2 atom stereocenters. The van der Waals surface area contributed by atoms with Gasteiger partial charge in [0.25, 0.3) is 0 Å². The highest BCUT2D eigenvalue weighted by Crippen LogP contribution is 2.26. The highest BCUT2D eigenvalue weighted by Gasteiger charge is 2.27. The summed E-state index contributed by atoms with van der Waals surface area (Å²) in [6.07, 6.45) is 0. The van der Waals surface area contributed by atoms with E-state index in [1.807, 2.05) is 48.2 Å². The van der Waals surface area contributed by atoms with E-state index >= 15 is 0 Å². The topological polar surface area (TPSA) is 79.9 Å². The van der Waals surface area contributed by atoms with Crippen molar-refractivity contribution in [2.24, 2.45) is 10.7 Å². The van der Waals surface area contributed by atoms with E-state index in [9.17, 15) is 4.79 Å². The summed E-state index contributed by atoms with van der Waals surface area (Å²) in [6, 6.07) is 14.8. The van der Waals surface area contributed by atoms with E-state index in [1.165, 1.54) is 0 Å². The van der Waals surface area contributed by atoms with Crippen molar-refractivity contribution in [3.63, 3.8) is 0 Å². The van der Waals surface area contributed by atoms with Gasteiger partial charge in [0, 0.05) is 23.1 Å². The number of carbonyl (C=O) groups excluding carboxylic acids is 1. The summed E-state index contributed by atoms with van der Waals surface area (Å²) in [6.45, 7) is 4.47. The summed E-state index contributed by atoms with van der Waals surface area (Å²) in [5, 5.41) is 4.27. The first-order chi connectivity index (χ1) is 14.5. The molecule has 160 valence electrons. The van der Waals surface area contributed by atoms with Gasteiger partial charge in [-0.25, -0.2) is 0 Å². The van der Waals surface area contributed by atoms with Crippen LogP contribution in [0.2, 0.25) is 10.0 Å². The Balaban J connectivity index is 1.71. The zero-order chi connectivity index (χ0) is 21.5. The molecular weight excluding hydrogens is 423 g/mol. The van der Waals surface area contributed by atoms with Gasteiger partial charge in [0.2, 0.25) is 5.91 Å². The third-order valence-electron chi connectivity index (χ3n) is 5.06. The van der Waals surface area contributed by atoms with Crippen LogP contribution < -0.4 is 11.1 Å². The Morgan fingerprint density at radius 3 is 2.57 bits per heavy atom. The first-order valence-corrected chi connectivity index (χ1v) is 10.6. The molecule has 8 heteroatoms. The molecule has 0 bridgehead atoms. The molecule has 1 aliphatic heterocycles. The number of nitrogens with two attached hydrogens (primary N) is 1. The van der Waals surface area contributed by atoms with E-state index in [-0.39, 0.29) is 24.5 Å². The molecule has 1 aliphatic rings. The normalized spacial score (nSPS) is 16.8. The largest absolute Gasteiger partial charge is 0.378 e. The summed E-state index contributed by atoms with van der Waals surface area (Å²) >= 11 is 12.2. The maximum Gasteiger partial charge on any atom is 0.232 e. The number of hydrogen-bond donors (Lipinski definition) is 2. The Hall–Kier alpha value is -2.28. The van der Waals surface area contributed by atoms with Gasteiger partial charge in [-0.05, 0) is 30.2 Å². The lowest BCUT2D eigenvalue weighted by molar-refractivity contribution is -0.136. The number of carbonyl (C=O) groups is 1. The van der Waals surface area contributed by atoms with E-state index in [0.29, 0.717) is 36.3 Å². The summed E-state index contributed by atoms with van der Waals surface area (Å²) in [7, 11) is 0. The number of nitrogens with one attached hydrogen (secondary N) is 1. The Kier molecular flexibility index (Phi) is 7.96. The molecule has 3 rings (SSSR count). The molecule has 2 aromatic rings. The van der Waals surface area contributed by atoms with Gasteiger partial charge in [0.05, 0.1) is 31.7 Å². The number of aliphatic imine (C=N–C) groups is 1. The van der Waals surface area contributed by atoms with Crippen LogP contribution in [0.25, 0.3) is 0 Å². The quantitative estimate of drug-likeness (QED) is 0.522. The van der Waals surface area contributed by atoms with Crippen LogP contribution in [0.15, 0.2) is 53.5 Å². The van der Waals surface area contributed by atoms with Crippen LogP contribution >= 0.6 is 23.2 Å². The van der Waals surface area contributed by atoms with Gasteiger partial charge in [-0.15, -0.1) is 0 Å². The lowest BCUT2D eigenvalue weighted by atomic mass is 9.97. The van der Waals surface area contributed by atoms with Crippen molar-refractivity contribution in [3.8, 4) is 0 Å². The number of nitrogens with zero attached hydrogens (tertiary/aromatic N) is 2. The number of guanidine groups is 1. The number of rotatable bonds is 6. The number of hydrogen-bond acceptors (Lipinski definition) is 3. The molecule has 1 saturated heterocycles. The summed E-state index contributed by atoms with van der Waals surface area (Å²) in [5.41, 5.74) is 7.90. The predicted molar refractivity (Wildman–Crippen MR) is 121 cm³/mol. The molecule has 0 saturated carbocycles. The van der Waals surface area contributed by atoms with Gasteiger partial charge in [-0.2, -0.15) is 0 Å². The van der Waals surface area contributed by atoms with E-state index in [4.69, 9.17) is 33.7 Å². The van der Waals surface area contributed by atoms with Crippen molar-refractivity contribution in [3.05, 3.63) is 69.7 Å². The van der Waals surface area contributed by atoms with Crippen LogP contribution in [0.1, 0.15) is 30.0 Å². The van der Waals surface area contributed by atoms with Crippen LogP contribution in [0, 0.1) is 0 Å². The fraction of sp³-hybridized carbons (Fsp3) is 0.364. The van der Waals surface area contributed by atoms with Crippen LogP contribution in [0.4, 0.5) is 0 Å². The number of benzene rings is 2. The monoisotopic (exact) mass is 448 g/mol. The van der Waals surface area contributed by atoms with Crippen molar-refractivity contribution in [2.75, 3.05) is 32.8 Å². The Morgan fingerprint density at radius 2 is 1.90 bits per heavy atom. The Bertz CT molecular complexity index is 886. The maximum atomic E-state index is 13.1. The maximum absolute atomic E-state index is 13.1. The fourth-order valence-corrected chi connectivity index (χ4v) is 3.98. The Labute approximate surface area is 187 Å². The number of amides is 1. The molecule has 1 amide bonds. The molecule has 30 heavy (non-hydrogen) atoms. The second-order valence-corrected chi connectivity index (χ2v) is 8.00. The zero-order valence-electron chi connectivity index (χ0n) is 16.9. The average molecular weight is 449 g/mol. The van der Waals surface area contributed by atoms with Crippen LogP contribution in [-0.4, -0.2) is 49.6 Å². The molecule has 1 heterocycles. The Morgan fingerprint density at radius 1 is 1.20 bits per heavy atom. The van der Waals surface area contributed by atoms with Crippen molar-refractivity contribution < 1.29 is 9.53 Å². The lowest BCUT2D eigenvalue weighted by Gasteiger charge is -2.30. The number of ether oxygens (including phenoxy) is 1. The first kappa shape index (κ1) is 22.4. The van der Waals surface area contributed by atoms with Gasteiger partial charge in [0.15, 0.2) is 5.96 Å². The van der Waals surface area contributed by atoms with Gasteiger partial charge >= 0.3 is 0 Å². The van der Waals surface area contributed by atoms with E-state index in [0.717, 1.165) is 11.1 Å². The number of morpholine rings is 1. The SMILES string of the molecule is CC(NC(N)=NCC(C(=O)N1CCOCC1)c1ccccc1)c1ccc(Cl)cc1Cl. The molecule has 0 spiro atoms. The van der Waals surface area contributed by atoms with Crippen LogP contribution in [-0.2, 0) is 9.53 Å². The van der Waals surface area contributed by atoms with Crippen LogP contribution in [0.3, 0.4) is 0 Å². The molecule has 0 aromatic heterocycles. The van der Waals surface area contributed by atoms with E-state index in [2.05, 4.69) is 10.3 Å². The van der Waals surface area contributed by atoms with Gasteiger partial charge in [-0.3, -0.25) is 9.79 Å². The van der Waals surface area contributed by atoms with Crippen molar-refractivity contribution in [1.82, 2.24) is 10.2 Å². The summed E-state index contributed by atoms with van der Waals surface area (Å²) < 4.78 is 5.37. The molecule has 0 radical (unpaired) electrons. The van der Waals surface area contributed by atoms with Crippen LogP contribution in [0.5, 0.6) is 0 Å². The summed E-state index contributed by atoms with van der Waals surface area (Å²) in [4.78, 5) is 19.4. The molecule has 3 N–H and O–H groups in total. The first-order valence-electron chi connectivity index (χ1n) is 9.88. The number of halogens is 2. The van der Waals surface area contributed by atoms with Crippen molar-refractivity contribution in [2.45, 2.75) is 18.9 Å². The van der Waals surface area contributed by atoms with Gasteiger partial charge < -0.3 is 20.7 Å². The molecule has 1 fully saturated rings. The molecular formula is C22H26Cl2N4O2. The molecule has 6 nitrogen and oxygen atoms in total. The third-order valence-corrected chi connectivity index (χ3v) is 5.62. The second kappa shape index (κ2) is 10.7. The van der Waals surface area contributed by atoms with Crippen molar-refractivity contribution in [1.29, 1.82) is 0 Å². The van der Waals surface area contributed by atoms with E-state index < -0.39 is 5.92 Å². The minimum Gasteiger partial charge on any atom is -0.378 e. The van der Waals surface area contributed by atoms with Gasteiger partial charge in [0.1, 0.15) is 0 Å². The highest BCUT2D eigenvalue weighted by molar-refractivity contribution is 6.35. The minimum atomic E-state index is -0.404. The molecule has 2 aromatic carbocycles. The standard InChI is InChI=1S/C22H26Cl2N4O2/c1-15(18-8-7-17(23)13-20(18)24)27-22(25)26-14-19(16-5-3-2-4-6-16)21(29)28-9-11-30-12-10-28/h2-8,13,15,19H,9-12,14H2,1H3,(H3,25,26,27). The zero-order valence-corrected chi connectivity index (χ0v) is 18.4. The van der Waals surface area contributed by atoms with Gasteiger partial charge in [-0.1, -0.05) is 59.6 Å². The average Bonchev–Trinajstić information content (AvgIpc) is 2.75. The summed E-state index contributed by atoms with van der Waals surface area (Å²) in [5.74, 6) is -0.113. The van der Waals surface area contributed by atoms with Crippen molar-refractivity contribution >= 4 is 35.1 Å². The lowest BCUT2D eigenvalue weighted by Crippen LogP contribution is -2.44. The second-order valence-electron chi connectivity index (χ2n) is 7.16. The minimum absolute atomic E-state index is 0.0369. The van der Waals surface area contributed by atoms with E-state index in [1.54, 1.807) is 12.1 Å². The molecule has 2 unspecified atom stereocenters. The smallest absolute Gasteiger partial charge is 0.232 e. The fourth-order valence-electron chi connectivity index (χ4n) is 3.40.